The van der Waals surface area contributed by atoms with Gasteiger partial charge in [0.15, 0.2) is 0 Å². The highest BCUT2D eigenvalue weighted by atomic mass is 79.9. The first-order valence-corrected chi connectivity index (χ1v) is 7.00. The first-order chi connectivity index (χ1) is 9.45. The third-order valence-corrected chi connectivity index (χ3v) is 2.98. The minimum Gasteiger partial charge on any atom is -0.489 e. The molecule has 0 aliphatic carbocycles. The van der Waals surface area contributed by atoms with Gasteiger partial charge in [-0.3, -0.25) is 4.79 Å². The Hall–Kier alpha value is -1.82. The summed E-state index contributed by atoms with van der Waals surface area (Å²) in [5, 5.41) is 2.82. The Bertz CT molecular complexity index is 623. The third-order valence-electron chi connectivity index (χ3n) is 2.49. The molecule has 2 aromatic rings. The number of carbonyl (C=O) groups is 1. The van der Waals surface area contributed by atoms with Gasteiger partial charge in [0, 0.05) is 17.7 Å². The number of aryl methyl sites for hydroxylation is 1. The van der Waals surface area contributed by atoms with Crippen LogP contribution in [0.25, 0.3) is 0 Å². The number of anilines is 1. The van der Waals surface area contributed by atoms with Gasteiger partial charge in [-0.2, -0.15) is 0 Å². The highest BCUT2D eigenvalue weighted by Gasteiger charge is 2.13. The van der Waals surface area contributed by atoms with E-state index in [0.717, 1.165) is 4.47 Å². The number of nitrogens with one attached hydrogen (secondary N) is 1. The molecular weight excluding hydrogens is 322 g/mol. The van der Waals surface area contributed by atoms with Crippen LogP contribution in [0.15, 0.2) is 35.2 Å². The minimum absolute atomic E-state index is 0.0293. The molecule has 1 heterocycles. The number of hydrogen-bond donors (Lipinski definition) is 1. The molecular formula is C14H16BrN3O2. The van der Waals surface area contributed by atoms with Gasteiger partial charge in [-0.1, -0.05) is 15.9 Å². The first kappa shape index (κ1) is 14.6. The van der Waals surface area contributed by atoms with E-state index in [-0.39, 0.29) is 12.0 Å². The largest absolute Gasteiger partial charge is 0.489 e. The number of amides is 1. The summed E-state index contributed by atoms with van der Waals surface area (Å²) in [6.07, 6.45) is 3.28. The fourth-order valence-electron chi connectivity index (χ4n) is 1.67. The Kier molecular flexibility index (Phi) is 4.44. The lowest BCUT2D eigenvalue weighted by atomic mass is 10.2. The van der Waals surface area contributed by atoms with E-state index in [1.54, 1.807) is 23.2 Å². The molecule has 2 rings (SSSR count). The molecule has 1 aromatic heterocycles. The Morgan fingerprint density at radius 1 is 1.45 bits per heavy atom. The fourth-order valence-corrected chi connectivity index (χ4v) is 2.03. The van der Waals surface area contributed by atoms with Crippen molar-refractivity contribution in [3.63, 3.8) is 0 Å². The average Bonchev–Trinajstić information content (AvgIpc) is 2.79. The smallest absolute Gasteiger partial charge is 0.275 e. The van der Waals surface area contributed by atoms with Gasteiger partial charge in [0.25, 0.3) is 5.91 Å². The lowest BCUT2D eigenvalue weighted by molar-refractivity contribution is 0.102. The number of aromatic nitrogens is 2. The van der Waals surface area contributed by atoms with Gasteiger partial charge in [0.2, 0.25) is 0 Å². The van der Waals surface area contributed by atoms with Gasteiger partial charge < -0.3 is 14.6 Å². The van der Waals surface area contributed by atoms with Crippen LogP contribution in [0, 0.1) is 0 Å². The number of benzene rings is 1. The number of hydrogen-bond acceptors (Lipinski definition) is 3. The number of halogens is 1. The Labute approximate surface area is 126 Å². The van der Waals surface area contributed by atoms with Crippen molar-refractivity contribution in [1.82, 2.24) is 9.55 Å². The van der Waals surface area contributed by atoms with E-state index in [4.69, 9.17) is 4.74 Å². The maximum atomic E-state index is 12.1. The molecule has 6 heteroatoms. The quantitative estimate of drug-likeness (QED) is 0.931. The predicted molar refractivity (Wildman–Crippen MR) is 81.1 cm³/mol. The standard InChI is InChI=1S/C14H16BrN3O2/c1-9(2)20-13-5-4-10(15)6-11(13)17-14(19)12-7-18(3)8-16-12/h4-9H,1-3H3,(H,17,19). The second kappa shape index (κ2) is 6.09. The Morgan fingerprint density at radius 2 is 2.20 bits per heavy atom. The maximum Gasteiger partial charge on any atom is 0.275 e. The van der Waals surface area contributed by atoms with Crippen molar-refractivity contribution in [2.75, 3.05) is 5.32 Å². The number of carbonyl (C=O) groups excluding carboxylic acids is 1. The molecule has 0 saturated heterocycles. The van der Waals surface area contributed by atoms with Crippen molar-refractivity contribution in [1.29, 1.82) is 0 Å². The van der Waals surface area contributed by atoms with Crippen molar-refractivity contribution in [3.8, 4) is 5.75 Å². The molecule has 0 unspecified atom stereocenters. The van der Waals surface area contributed by atoms with Gasteiger partial charge in [0.1, 0.15) is 11.4 Å². The zero-order valence-corrected chi connectivity index (χ0v) is 13.1. The van der Waals surface area contributed by atoms with Crippen molar-refractivity contribution >= 4 is 27.5 Å². The van der Waals surface area contributed by atoms with Gasteiger partial charge in [-0.05, 0) is 32.0 Å². The lowest BCUT2D eigenvalue weighted by Gasteiger charge is -2.15. The van der Waals surface area contributed by atoms with Gasteiger partial charge in [-0.25, -0.2) is 4.98 Å². The summed E-state index contributed by atoms with van der Waals surface area (Å²) in [6, 6.07) is 5.49. The van der Waals surface area contributed by atoms with Crippen LogP contribution in [0.1, 0.15) is 24.3 Å². The minimum atomic E-state index is -0.266. The third kappa shape index (κ3) is 3.60. The predicted octanol–water partition coefficient (Wildman–Crippen LogP) is 3.22. The fraction of sp³-hybridized carbons (Fsp3) is 0.286. The average molecular weight is 338 g/mol. The summed E-state index contributed by atoms with van der Waals surface area (Å²) in [5.41, 5.74) is 0.978. The van der Waals surface area contributed by atoms with Crippen LogP contribution in [-0.2, 0) is 7.05 Å². The van der Waals surface area contributed by atoms with Crippen LogP contribution in [0.4, 0.5) is 5.69 Å². The van der Waals surface area contributed by atoms with Crippen LogP contribution in [-0.4, -0.2) is 21.6 Å². The molecule has 1 aromatic carbocycles. The molecule has 106 valence electrons. The van der Waals surface area contributed by atoms with Gasteiger partial charge in [0.05, 0.1) is 18.1 Å². The molecule has 20 heavy (non-hydrogen) atoms. The van der Waals surface area contributed by atoms with Crippen molar-refractivity contribution < 1.29 is 9.53 Å². The maximum absolute atomic E-state index is 12.1. The normalized spacial score (nSPS) is 10.7. The summed E-state index contributed by atoms with van der Waals surface area (Å²) in [5.74, 6) is 0.366. The second-order valence-corrected chi connectivity index (χ2v) is 5.60. The summed E-state index contributed by atoms with van der Waals surface area (Å²) in [6.45, 7) is 3.87. The molecule has 1 amide bonds. The van der Waals surface area contributed by atoms with Crippen molar-refractivity contribution in [2.45, 2.75) is 20.0 Å². The molecule has 0 aliphatic rings. The van der Waals surface area contributed by atoms with Crippen LogP contribution < -0.4 is 10.1 Å². The SMILES string of the molecule is CC(C)Oc1ccc(Br)cc1NC(=O)c1cn(C)cn1. The highest BCUT2D eigenvalue weighted by Crippen LogP contribution is 2.29. The Morgan fingerprint density at radius 3 is 2.80 bits per heavy atom. The van der Waals surface area contributed by atoms with Gasteiger partial charge >= 0.3 is 0 Å². The molecule has 0 fully saturated rings. The molecule has 0 aliphatic heterocycles. The van der Waals surface area contributed by atoms with E-state index in [2.05, 4.69) is 26.2 Å². The zero-order chi connectivity index (χ0) is 14.7. The summed E-state index contributed by atoms with van der Waals surface area (Å²) >= 11 is 3.39. The molecule has 0 spiro atoms. The molecule has 1 N–H and O–H groups in total. The molecule has 0 radical (unpaired) electrons. The number of nitrogens with zero attached hydrogens (tertiary/aromatic N) is 2. The number of rotatable bonds is 4. The van der Waals surface area contributed by atoms with Crippen molar-refractivity contribution in [3.05, 3.63) is 40.9 Å². The number of imidazole rings is 1. The molecule has 0 saturated carbocycles. The number of ether oxygens (including phenoxy) is 1. The molecule has 0 atom stereocenters. The first-order valence-electron chi connectivity index (χ1n) is 6.21. The highest BCUT2D eigenvalue weighted by molar-refractivity contribution is 9.10. The van der Waals surface area contributed by atoms with E-state index in [1.807, 2.05) is 33.0 Å². The zero-order valence-electron chi connectivity index (χ0n) is 11.6. The summed E-state index contributed by atoms with van der Waals surface area (Å²) in [4.78, 5) is 16.1. The van der Waals surface area contributed by atoms with E-state index in [1.165, 1.54) is 0 Å². The van der Waals surface area contributed by atoms with E-state index in [0.29, 0.717) is 17.1 Å². The molecule has 0 bridgehead atoms. The van der Waals surface area contributed by atoms with Crippen LogP contribution in [0.3, 0.4) is 0 Å². The van der Waals surface area contributed by atoms with Crippen LogP contribution in [0.5, 0.6) is 5.75 Å². The van der Waals surface area contributed by atoms with Crippen LogP contribution >= 0.6 is 15.9 Å². The second-order valence-electron chi connectivity index (χ2n) is 4.69. The molecule has 5 nitrogen and oxygen atoms in total. The topological polar surface area (TPSA) is 56.1 Å². The van der Waals surface area contributed by atoms with E-state index < -0.39 is 0 Å². The Balaban J connectivity index is 2.23. The van der Waals surface area contributed by atoms with Crippen molar-refractivity contribution in [2.24, 2.45) is 7.05 Å². The van der Waals surface area contributed by atoms with Gasteiger partial charge in [-0.15, -0.1) is 0 Å². The summed E-state index contributed by atoms with van der Waals surface area (Å²) < 4.78 is 8.27. The summed E-state index contributed by atoms with van der Waals surface area (Å²) in [7, 11) is 1.82. The van der Waals surface area contributed by atoms with E-state index in [9.17, 15) is 4.79 Å². The van der Waals surface area contributed by atoms with E-state index >= 15 is 0 Å². The lowest BCUT2D eigenvalue weighted by Crippen LogP contribution is -2.15. The monoisotopic (exact) mass is 337 g/mol. The van der Waals surface area contributed by atoms with Crippen LogP contribution in [0.2, 0.25) is 0 Å².